The highest BCUT2D eigenvalue weighted by Gasteiger charge is 2.22. The molecule has 0 fully saturated rings. The molecule has 0 radical (unpaired) electrons. The molecular weight excluding hydrogens is 292 g/mol. The van der Waals surface area contributed by atoms with Crippen LogP contribution in [0.15, 0.2) is 45.8 Å². The lowest BCUT2D eigenvalue weighted by molar-refractivity contribution is 0.125. The topological polar surface area (TPSA) is 55.4 Å². The first-order chi connectivity index (χ1) is 10.5. The lowest BCUT2D eigenvalue weighted by Gasteiger charge is -2.12. The van der Waals surface area contributed by atoms with Crippen molar-refractivity contribution in [2.45, 2.75) is 19.9 Å². The van der Waals surface area contributed by atoms with Gasteiger partial charge in [0.1, 0.15) is 5.75 Å². The van der Waals surface area contributed by atoms with Crippen molar-refractivity contribution in [1.29, 1.82) is 0 Å². The normalized spacial score (nSPS) is 11.5. The van der Waals surface area contributed by atoms with E-state index in [-0.39, 0.29) is 22.4 Å². The van der Waals surface area contributed by atoms with Crippen molar-refractivity contribution in [3.8, 4) is 16.9 Å². The SMILES string of the molecule is Cc1ccccc1-c1c(O)c2ccoc2n(CC(F)F)c1=O. The predicted octanol–water partition coefficient (Wildman–Crippen LogP) is 3.54. The number of fused-ring (bicyclic) bond motifs is 1. The molecule has 3 aromatic rings. The summed E-state index contributed by atoms with van der Waals surface area (Å²) in [6.45, 7) is 0.993. The molecule has 0 saturated heterocycles. The van der Waals surface area contributed by atoms with Gasteiger partial charge in [-0.15, -0.1) is 0 Å². The molecule has 0 amide bonds. The molecule has 0 unspecified atom stereocenters. The van der Waals surface area contributed by atoms with E-state index in [1.165, 1.54) is 12.3 Å². The van der Waals surface area contributed by atoms with Crippen LogP contribution in [0.1, 0.15) is 5.56 Å². The number of pyridine rings is 1. The molecule has 2 heterocycles. The Balaban J connectivity index is 2.40. The Morgan fingerprint density at radius 2 is 2.00 bits per heavy atom. The number of rotatable bonds is 3. The van der Waals surface area contributed by atoms with Crippen LogP contribution in [-0.2, 0) is 6.54 Å². The zero-order valence-electron chi connectivity index (χ0n) is 11.7. The molecule has 1 N–H and O–H groups in total. The largest absolute Gasteiger partial charge is 0.506 e. The average molecular weight is 305 g/mol. The summed E-state index contributed by atoms with van der Waals surface area (Å²) < 4.78 is 31.5. The molecule has 1 aromatic carbocycles. The van der Waals surface area contributed by atoms with Gasteiger partial charge in [0.25, 0.3) is 12.0 Å². The molecule has 0 atom stereocenters. The number of furan rings is 1. The molecule has 2 aromatic heterocycles. The number of aryl methyl sites for hydroxylation is 1. The third-order valence-corrected chi connectivity index (χ3v) is 3.58. The standard InChI is InChI=1S/C16H13F2NO3/c1-9-4-2-3-5-10(9)13-14(20)11-6-7-22-16(11)19(15(13)21)8-12(17)18/h2-7,12,20H,8H2,1H3. The first kappa shape index (κ1) is 14.3. The average Bonchev–Trinajstić information content (AvgIpc) is 2.95. The summed E-state index contributed by atoms with van der Waals surface area (Å²) in [5.74, 6) is -0.256. The lowest BCUT2D eigenvalue weighted by atomic mass is 10.00. The monoisotopic (exact) mass is 305 g/mol. The molecule has 22 heavy (non-hydrogen) atoms. The van der Waals surface area contributed by atoms with E-state index in [9.17, 15) is 18.7 Å². The van der Waals surface area contributed by atoms with Crippen LogP contribution in [0.3, 0.4) is 0 Å². The van der Waals surface area contributed by atoms with E-state index in [2.05, 4.69) is 0 Å². The highest BCUT2D eigenvalue weighted by atomic mass is 19.3. The highest BCUT2D eigenvalue weighted by Crippen LogP contribution is 2.35. The van der Waals surface area contributed by atoms with Crippen LogP contribution in [0.25, 0.3) is 22.2 Å². The molecular formula is C16H13F2NO3. The van der Waals surface area contributed by atoms with Gasteiger partial charge in [-0.25, -0.2) is 8.78 Å². The summed E-state index contributed by atoms with van der Waals surface area (Å²) in [7, 11) is 0. The Morgan fingerprint density at radius 3 is 2.68 bits per heavy atom. The van der Waals surface area contributed by atoms with E-state index in [1.54, 1.807) is 31.2 Å². The molecule has 0 aliphatic rings. The molecule has 114 valence electrons. The van der Waals surface area contributed by atoms with Gasteiger partial charge in [-0.3, -0.25) is 9.36 Å². The van der Waals surface area contributed by atoms with Crippen LogP contribution in [0.5, 0.6) is 5.75 Å². The maximum atomic E-state index is 12.8. The number of nitrogens with zero attached hydrogens (tertiary/aromatic N) is 1. The van der Waals surface area contributed by atoms with Gasteiger partial charge in [-0.1, -0.05) is 24.3 Å². The Kier molecular flexibility index (Phi) is 3.44. The zero-order valence-corrected chi connectivity index (χ0v) is 11.7. The second kappa shape index (κ2) is 5.29. The van der Waals surface area contributed by atoms with Crippen LogP contribution in [0.4, 0.5) is 8.78 Å². The maximum Gasteiger partial charge on any atom is 0.265 e. The second-order valence-corrected chi connectivity index (χ2v) is 4.98. The Labute approximate surface area is 124 Å². The van der Waals surface area contributed by atoms with Gasteiger partial charge in [-0.2, -0.15) is 0 Å². The van der Waals surface area contributed by atoms with E-state index in [4.69, 9.17) is 4.42 Å². The number of benzene rings is 1. The fraction of sp³-hybridized carbons (Fsp3) is 0.188. The second-order valence-electron chi connectivity index (χ2n) is 4.98. The lowest BCUT2D eigenvalue weighted by Crippen LogP contribution is -2.25. The van der Waals surface area contributed by atoms with Crippen LogP contribution >= 0.6 is 0 Å². The van der Waals surface area contributed by atoms with Crippen molar-refractivity contribution < 1.29 is 18.3 Å². The molecule has 0 bridgehead atoms. The van der Waals surface area contributed by atoms with Gasteiger partial charge in [0, 0.05) is 0 Å². The van der Waals surface area contributed by atoms with Gasteiger partial charge in [-0.05, 0) is 24.1 Å². The fourth-order valence-corrected chi connectivity index (χ4v) is 2.55. The summed E-state index contributed by atoms with van der Waals surface area (Å²) in [6, 6.07) is 8.42. The number of halogens is 2. The minimum atomic E-state index is -2.71. The van der Waals surface area contributed by atoms with E-state index < -0.39 is 18.5 Å². The number of aromatic hydroxyl groups is 1. The quantitative estimate of drug-likeness (QED) is 0.805. The first-order valence-corrected chi connectivity index (χ1v) is 6.68. The van der Waals surface area contributed by atoms with Gasteiger partial charge < -0.3 is 9.52 Å². The number of alkyl halides is 2. The molecule has 0 aliphatic carbocycles. The summed E-state index contributed by atoms with van der Waals surface area (Å²) >= 11 is 0. The van der Waals surface area contributed by atoms with Crippen molar-refractivity contribution in [3.63, 3.8) is 0 Å². The smallest absolute Gasteiger partial charge is 0.265 e. The minimum Gasteiger partial charge on any atom is -0.506 e. The Bertz CT molecular complexity index is 896. The molecule has 0 spiro atoms. The van der Waals surface area contributed by atoms with Crippen molar-refractivity contribution in [2.24, 2.45) is 0 Å². The van der Waals surface area contributed by atoms with E-state index in [1.807, 2.05) is 0 Å². The molecule has 6 heteroatoms. The fourth-order valence-electron chi connectivity index (χ4n) is 2.55. The summed E-state index contributed by atoms with van der Waals surface area (Å²) in [4.78, 5) is 12.6. The van der Waals surface area contributed by atoms with Crippen molar-refractivity contribution in [1.82, 2.24) is 4.57 Å². The third-order valence-electron chi connectivity index (χ3n) is 3.58. The Morgan fingerprint density at radius 1 is 1.27 bits per heavy atom. The van der Waals surface area contributed by atoms with Crippen molar-refractivity contribution in [2.75, 3.05) is 0 Å². The minimum absolute atomic E-state index is 0.00708. The van der Waals surface area contributed by atoms with E-state index in [0.29, 0.717) is 5.56 Å². The summed E-state index contributed by atoms with van der Waals surface area (Å²) in [6.07, 6.45) is -1.45. The molecule has 4 nitrogen and oxygen atoms in total. The molecule has 0 saturated carbocycles. The third kappa shape index (κ3) is 2.16. The van der Waals surface area contributed by atoms with Crippen LogP contribution in [-0.4, -0.2) is 16.1 Å². The van der Waals surface area contributed by atoms with Gasteiger partial charge in [0.15, 0.2) is 0 Å². The van der Waals surface area contributed by atoms with Gasteiger partial charge in [0.2, 0.25) is 5.71 Å². The highest BCUT2D eigenvalue weighted by molar-refractivity contribution is 5.90. The first-order valence-electron chi connectivity index (χ1n) is 6.68. The number of hydrogen-bond acceptors (Lipinski definition) is 3. The Hall–Kier alpha value is -2.63. The van der Waals surface area contributed by atoms with Crippen LogP contribution < -0.4 is 5.56 Å². The van der Waals surface area contributed by atoms with Gasteiger partial charge >= 0.3 is 0 Å². The van der Waals surface area contributed by atoms with Crippen molar-refractivity contribution in [3.05, 3.63) is 52.5 Å². The summed E-state index contributed by atoms with van der Waals surface area (Å²) in [5.41, 5.74) is 0.528. The molecule has 3 rings (SSSR count). The van der Waals surface area contributed by atoms with Crippen LogP contribution in [0, 0.1) is 6.92 Å². The van der Waals surface area contributed by atoms with E-state index in [0.717, 1.165) is 10.1 Å². The van der Waals surface area contributed by atoms with Gasteiger partial charge in [0.05, 0.1) is 23.8 Å². The maximum absolute atomic E-state index is 12.8. The number of aromatic nitrogens is 1. The van der Waals surface area contributed by atoms with E-state index >= 15 is 0 Å². The number of hydrogen-bond donors (Lipinski definition) is 1. The van der Waals surface area contributed by atoms with Crippen molar-refractivity contribution >= 4 is 11.1 Å². The molecule has 0 aliphatic heterocycles. The predicted molar refractivity (Wildman–Crippen MR) is 78.3 cm³/mol. The zero-order chi connectivity index (χ0) is 15.9. The summed E-state index contributed by atoms with van der Waals surface area (Å²) in [5, 5.41) is 10.6. The van der Waals surface area contributed by atoms with Crippen LogP contribution in [0.2, 0.25) is 0 Å².